The first-order chi connectivity index (χ1) is 11.6. The summed E-state index contributed by atoms with van der Waals surface area (Å²) < 4.78 is 5.65. The van der Waals surface area contributed by atoms with Crippen LogP contribution < -0.4 is 5.32 Å². The summed E-state index contributed by atoms with van der Waals surface area (Å²) in [5, 5.41) is 13.8. The molecule has 3 aromatic rings. The van der Waals surface area contributed by atoms with Crippen molar-refractivity contribution in [2.24, 2.45) is 0 Å². The number of hydrogen-bond donors (Lipinski definition) is 2. The van der Waals surface area contributed by atoms with Gasteiger partial charge in [-0.15, -0.1) is 0 Å². The molecule has 6 heteroatoms. The average Bonchev–Trinajstić information content (AvgIpc) is 2.58. The predicted octanol–water partition coefficient (Wildman–Crippen LogP) is 4.62. The first-order valence-electron chi connectivity index (χ1n) is 7.40. The number of carbonyl (C=O) groups excluding carboxylic acids is 1. The molecular weight excluding hydrogens is 372 g/mol. The van der Waals surface area contributed by atoms with Crippen molar-refractivity contribution in [3.05, 3.63) is 58.7 Å². The van der Waals surface area contributed by atoms with Gasteiger partial charge in [-0.25, -0.2) is 4.79 Å². The molecular formula is C18H15BrN2O3. The molecule has 2 aromatic carbocycles. The van der Waals surface area contributed by atoms with Crippen LogP contribution in [-0.4, -0.2) is 22.7 Å². The van der Waals surface area contributed by atoms with E-state index in [0.717, 1.165) is 5.69 Å². The van der Waals surface area contributed by atoms with Crippen LogP contribution in [0.4, 0.5) is 11.4 Å². The lowest BCUT2D eigenvalue weighted by Gasteiger charge is -2.14. The van der Waals surface area contributed by atoms with Gasteiger partial charge in [-0.1, -0.05) is 18.2 Å². The summed E-state index contributed by atoms with van der Waals surface area (Å²) in [6, 6.07) is 12.8. The summed E-state index contributed by atoms with van der Waals surface area (Å²) >= 11 is 3.31. The Labute approximate surface area is 147 Å². The van der Waals surface area contributed by atoms with Crippen molar-refractivity contribution in [2.75, 3.05) is 11.9 Å². The van der Waals surface area contributed by atoms with Crippen molar-refractivity contribution >= 4 is 44.2 Å². The van der Waals surface area contributed by atoms with Gasteiger partial charge in [0, 0.05) is 23.3 Å². The van der Waals surface area contributed by atoms with Gasteiger partial charge in [0.1, 0.15) is 11.3 Å². The molecule has 24 heavy (non-hydrogen) atoms. The number of phenolic OH excluding ortho intramolecular Hbond substituents is 1. The molecule has 0 amide bonds. The Balaban J connectivity index is 2.21. The van der Waals surface area contributed by atoms with Gasteiger partial charge < -0.3 is 15.2 Å². The molecule has 0 fully saturated rings. The molecule has 5 nitrogen and oxygen atoms in total. The monoisotopic (exact) mass is 386 g/mol. The van der Waals surface area contributed by atoms with Crippen LogP contribution in [0.1, 0.15) is 17.3 Å². The molecule has 122 valence electrons. The third-order valence-corrected chi connectivity index (χ3v) is 4.11. The lowest BCUT2D eigenvalue weighted by atomic mass is 10.1. The second-order valence-corrected chi connectivity index (χ2v) is 5.93. The van der Waals surface area contributed by atoms with Crippen molar-refractivity contribution < 1.29 is 14.6 Å². The second-order valence-electron chi connectivity index (χ2n) is 5.08. The molecule has 2 N–H and O–H groups in total. The standard InChI is InChI=1S/C18H15BrN2O3/c1-2-24-18(23)13-10-20-15-9-16(22)14(19)8-12(15)17(13)21-11-6-4-3-5-7-11/h3-10,22H,2H2,1H3,(H,20,21). The molecule has 0 radical (unpaired) electrons. The Hall–Kier alpha value is -2.60. The molecule has 3 rings (SSSR count). The van der Waals surface area contributed by atoms with Crippen molar-refractivity contribution in [2.45, 2.75) is 6.92 Å². The highest BCUT2D eigenvalue weighted by atomic mass is 79.9. The number of aromatic hydroxyl groups is 1. The molecule has 0 atom stereocenters. The molecule has 0 unspecified atom stereocenters. The highest BCUT2D eigenvalue weighted by molar-refractivity contribution is 9.10. The number of pyridine rings is 1. The maximum atomic E-state index is 12.3. The molecule has 1 aromatic heterocycles. The molecule has 0 saturated heterocycles. The van der Waals surface area contributed by atoms with Gasteiger partial charge in [0.05, 0.1) is 22.3 Å². The number of benzene rings is 2. The summed E-state index contributed by atoms with van der Waals surface area (Å²) in [4.78, 5) is 16.6. The van der Waals surface area contributed by atoms with E-state index in [-0.39, 0.29) is 12.4 Å². The zero-order valence-corrected chi connectivity index (χ0v) is 14.5. The fourth-order valence-corrected chi connectivity index (χ4v) is 2.71. The zero-order chi connectivity index (χ0) is 17.1. The third kappa shape index (κ3) is 3.19. The normalized spacial score (nSPS) is 10.6. The molecule has 0 aliphatic rings. The van der Waals surface area contributed by atoms with Gasteiger partial charge in [0.2, 0.25) is 0 Å². The molecule has 0 aliphatic heterocycles. The number of phenols is 1. The molecule has 0 saturated carbocycles. The molecule has 0 spiro atoms. The fraction of sp³-hybridized carbons (Fsp3) is 0.111. The number of nitrogens with zero attached hydrogens (tertiary/aromatic N) is 1. The number of rotatable bonds is 4. The third-order valence-electron chi connectivity index (χ3n) is 3.48. The Morgan fingerprint density at radius 2 is 2.04 bits per heavy atom. The van der Waals surface area contributed by atoms with Gasteiger partial charge in [-0.05, 0) is 41.1 Å². The van der Waals surface area contributed by atoms with Gasteiger partial charge in [0.15, 0.2) is 0 Å². The number of anilines is 2. The highest BCUT2D eigenvalue weighted by Gasteiger charge is 2.18. The smallest absolute Gasteiger partial charge is 0.341 e. The molecule has 0 aliphatic carbocycles. The van der Waals surface area contributed by atoms with Gasteiger partial charge in [0.25, 0.3) is 0 Å². The Kier molecular flexibility index (Phi) is 4.66. The van der Waals surface area contributed by atoms with Gasteiger partial charge >= 0.3 is 5.97 Å². The van der Waals surface area contributed by atoms with Crippen molar-refractivity contribution in [3.63, 3.8) is 0 Å². The molecule has 0 bridgehead atoms. The van der Waals surface area contributed by atoms with E-state index >= 15 is 0 Å². The minimum Gasteiger partial charge on any atom is -0.507 e. The zero-order valence-electron chi connectivity index (χ0n) is 12.9. The number of esters is 1. The van der Waals surface area contributed by atoms with E-state index < -0.39 is 5.97 Å². The van der Waals surface area contributed by atoms with Crippen LogP contribution in [0.3, 0.4) is 0 Å². The summed E-state index contributed by atoms with van der Waals surface area (Å²) in [5.41, 5.74) is 2.33. The lowest BCUT2D eigenvalue weighted by Crippen LogP contribution is -2.09. The Morgan fingerprint density at radius 3 is 2.75 bits per heavy atom. The van der Waals surface area contributed by atoms with E-state index in [1.807, 2.05) is 30.3 Å². The van der Waals surface area contributed by atoms with Gasteiger partial charge in [-0.3, -0.25) is 4.98 Å². The van der Waals surface area contributed by atoms with Gasteiger partial charge in [-0.2, -0.15) is 0 Å². The minimum absolute atomic E-state index is 0.0875. The number of fused-ring (bicyclic) bond motifs is 1. The van der Waals surface area contributed by atoms with Crippen LogP contribution in [0.15, 0.2) is 53.1 Å². The van der Waals surface area contributed by atoms with Crippen LogP contribution in [0.5, 0.6) is 5.75 Å². The fourth-order valence-electron chi connectivity index (χ4n) is 2.37. The Morgan fingerprint density at radius 1 is 1.29 bits per heavy atom. The second kappa shape index (κ2) is 6.88. The SMILES string of the molecule is CCOC(=O)c1cnc2cc(O)c(Br)cc2c1Nc1ccccc1. The largest absolute Gasteiger partial charge is 0.507 e. The number of para-hydroxylation sites is 1. The first kappa shape index (κ1) is 16.3. The average molecular weight is 387 g/mol. The summed E-state index contributed by atoms with van der Waals surface area (Å²) in [5.74, 6) is -0.362. The lowest BCUT2D eigenvalue weighted by molar-refractivity contribution is 0.0527. The summed E-state index contributed by atoms with van der Waals surface area (Å²) in [7, 11) is 0. The number of hydrogen-bond acceptors (Lipinski definition) is 5. The number of nitrogens with one attached hydrogen (secondary N) is 1. The number of carbonyl (C=O) groups is 1. The van der Waals surface area contributed by atoms with E-state index in [0.29, 0.717) is 26.6 Å². The van der Waals surface area contributed by atoms with E-state index in [2.05, 4.69) is 26.2 Å². The van der Waals surface area contributed by atoms with Crippen LogP contribution in [0.25, 0.3) is 10.9 Å². The van der Waals surface area contributed by atoms with E-state index in [9.17, 15) is 9.90 Å². The number of ether oxygens (including phenoxy) is 1. The quantitative estimate of drug-likeness (QED) is 0.639. The highest BCUT2D eigenvalue weighted by Crippen LogP contribution is 2.35. The molecule has 1 heterocycles. The first-order valence-corrected chi connectivity index (χ1v) is 8.20. The van der Waals surface area contributed by atoms with Crippen molar-refractivity contribution in [1.29, 1.82) is 0 Å². The van der Waals surface area contributed by atoms with E-state index in [1.54, 1.807) is 19.1 Å². The maximum Gasteiger partial charge on any atom is 0.341 e. The van der Waals surface area contributed by atoms with E-state index in [4.69, 9.17) is 4.74 Å². The topological polar surface area (TPSA) is 71.5 Å². The Bertz CT molecular complexity index is 898. The minimum atomic E-state index is -0.450. The number of halogens is 1. The van der Waals surface area contributed by atoms with Crippen LogP contribution in [-0.2, 0) is 4.74 Å². The predicted molar refractivity (Wildman–Crippen MR) is 96.8 cm³/mol. The maximum absolute atomic E-state index is 12.3. The van der Waals surface area contributed by atoms with Crippen LogP contribution in [0.2, 0.25) is 0 Å². The number of aromatic nitrogens is 1. The van der Waals surface area contributed by atoms with Crippen molar-refractivity contribution in [1.82, 2.24) is 4.98 Å². The summed E-state index contributed by atoms with van der Waals surface area (Å²) in [6.45, 7) is 2.03. The van der Waals surface area contributed by atoms with Crippen molar-refractivity contribution in [3.8, 4) is 5.75 Å². The van der Waals surface area contributed by atoms with E-state index in [1.165, 1.54) is 6.20 Å². The van der Waals surface area contributed by atoms with Crippen LogP contribution >= 0.6 is 15.9 Å². The van der Waals surface area contributed by atoms with Crippen LogP contribution in [0, 0.1) is 0 Å². The summed E-state index contributed by atoms with van der Waals surface area (Å²) in [6.07, 6.45) is 1.46.